The van der Waals surface area contributed by atoms with E-state index in [1.165, 1.54) is 89.9 Å². The van der Waals surface area contributed by atoms with Gasteiger partial charge >= 0.3 is 5.97 Å². The average molecular weight is 484 g/mol. The van der Waals surface area contributed by atoms with Gasteiger partial charge in [0.05, 0.1) is 13.0 Å². The Morgan fingerprint density at radius 3 is 1.62 bits per heavy atom. The number of carbonyl (C=O) groups is 2. The fraction of sp³-hybridized carbons (Fsp3) is 0.931. The van der Waals surface area contributed by atoms with Crippen molar-refractivity contribution in [3.8, 4) is 0 Å². The average Bonchev–Trinajstić information content (AvgIpc) is 2.81. The summed E-state index contributed by atoms with van der Waals surface area (Å²) in [5.41, 5.74) is 0. The van der Waals surface area contributed by atoms with Crippen LogP contribution in [0.15, 0.2) is 0 Å². The van der Waals surface area contributed by atoms with Crippen molar-refractivity contribution in [3.05, 3.63) is 0 Å². The SMILES string of the molecule is CCCCCCCCCCCC(=O)O[C@H](CCCCCCCCCCC)CC(=O)N[C@@H](C)CO. The van der Waals surface area contributed by atoms with Crippen LogP contribution < -0.4 is 5.32 Å². The zero-order chi connectivity index (χ0) is 25.3. The van der Waals surface area contributed by atoms with Gasteiger partial charge in [0.15, 0.2) is 0 Å². The summed E-state index contributed by atoms with van der Waals surface area (Å²) in [6, 6.07) is -0.279. The molecule has 0 saturated heterocycles. The zero-order valence-corrected chi connectivity index (χ0v) is 22.9. The summed E-state index contributed by atoms with van der Waals surface area (Å²) in [5.74, 6) is -0.328. The summed E-state index contributed by atoms with van der Waals surface area (Å²) in [7, 11) is 0. The molecule has 0 aromatic rings. The number of amides is 1. The van der Waals surface area contributed by atoms with Crippen LogP contribution in [-0.2, 0) is 14.3 Å². The van der Waals surface area contributed by atoms with Crippen molar-refractivity contribution in [1.29, 1.82) is 0 Å². The third-order valence-electron chi connectivity index (χ3n) is 6.51. The summed E-state index contributed by atoms with van der Waals surface area (Å²) in [6.07, 6.45) is 23.1. The predicted octanol–water partition coefficient (Wildman–Crippen LogP) is 7.63. The Kier molecular flexibility index (Phi) is 24.2. The summed E-state index contributed by atoms with van der Waals surface area (Å²) >= 11 is 0. The van der Waals surface area contributed by atoms with Gasteiger partial charge in [-0.1, -0.05) is 117 Å². The van der Waals surface area contributed by atoms with E-state index in [4.69, 9.17) is 9.84 Å². The van der Waals surface area contributed by atoms with Gasteiger partial charge < -0.3 is 15.2 Å². The molecule has 0 aromatic carbocycles. The molecule has 0 unspecified atom stereocenters. The lowest BCUT2D eigenvalue weighted by Gasteiger charge is -2.19. The van der Waals surface area contributed by atoms with E-state index < -0.39 is 0 Å². The van der Waals surface area contributed by atoms with E-state index in [-0.39, 0.29) is 37.0 Å². The topological polar surface area (TPSA) is 75.6 Å². The first-order chi connectivity index (χ1) is 16.5. The highest BCUT2D eigenvalue weighted by Crippen LogP contribution is 2.16. The molecule has 0 aliphatic rings. The molecule has 0 fully saturated rings. The van der Waals surface area contributed by atoms with E-state index in [2.05, 4.69) is 19.2 Å². The van der Waals surface area contributed by atoms with Crippen molar-refractivity contribution in [1.82, 2.24) is 5.32 Å². The first kappa shape index (κ1) is 32.9. The summed E-state index contributed by atoms with van der Waals surface area (Å²) in [4.78, 5) is 24.7. The molecule has 2 atom stereocenters. The van der Waals surface area contributed by atoms with Crippen molar-refractivity contribution < 1.29 is 19.4 Å². The highest BCUT2D eigenvalue weighted by Gasteiger charge is 2.19. The van der Waals surface area contributed by atoms with Crippen LogP contribution >= 0.6 is 0 Å². The lowest BCUT2D eigenvalue weighted by Crippen LogP contribution is -2.37. The lowest BCUT2D eigenvalue weighted by molar-refractivity contribution is -0.151. The number of hydrogen-bond donors (Lipinski definition) is 2. The molecule has 34 heavy (non-hydrogen) atoms. The van der Waals surface area contributed by atoms with E-state index in [9.17, 15) is 9.59 Å². The Morgan fingerprint density at radius 1 is 0.706 bits per heavy atom. The highest BCUT2D eigenvalue weighted by atomic mass is 16.5. The molecule has 0 aliphatic heterocycles. The minimum atomic E-state index is -0.360. The van der Waals surface area contributed by atoms with Gasteiger partial charge in [-0.3, -0.25) is 9.59 Å². The fourth-order valence-electron chi connectivity index (χ4n) is 4.30. The number of carbonyl (C=O) groups excluding carboxylic acids is 2. The molecule has 0 radical (unpaired) electrons. The van der Waals surface area contributed by atoms with Crippen LogP contribution in [-0.4, -0.2) is 35.7 Å². The lowest BCUT2D eigenvalue weighted by atomic mass is 10.0. The van der Waals surface area contributed by atoms with Gasteiger partial charge in [-0.05, 0) is 26.2 Å². The molecule has 0 rings (SSSR count). The molecule has 0 spiro atoms. The normalized spacial score (nSPS) is 12.9. The Labute approximate surface area is 211 Å². The summed E-state index contributed by atoms with van der Waals surface area (Å²) < 4.78 is 5.72. The standard InChI is InChI=1S/C29H57NO4/c1-4-6-8-10-12-14-16-18-20-22-27(24-28(32)30-26(3)25-31)34-29(33)23-21-19-17-15-13-11-9-7-5-2/h26-27,31H,4-25H2,1-3H3,(H,30,32)/t26-,27+/m0/s1. The van der Waals surface area contributed by atoms with Crippen LogP contribution in [0.4, 0.5) is 0 Å². The van der Waals surface area contributed by atoms with Crippen LogP contribution in [0.3, 0.4) is 0 Å². The molecule has 202 valence electrons. The van der Waals surface area contributed by atoms with Gasteiger partial charge in [-0.15, -0.1) is 0 Å². The number of aliphatic hydroxyl groups excluding tert-OH is 1. The number of nitrogens with one attached hydrogen (secondary N) is 1. The van der Waals surface area contributed by atoms with Gasteiger partial charge in [-0.2, -0.15) is 0 Å². The molecule has 5 heteroatoms. The second-order valence-electron chi connectivity index (χ2n) is 10.2. The molecule has 0 saturated carbocycles. The van der Waals surface area contributed by atoms with Crippen molar-refractivity contribution in [3.63, 3.8) is 0 Å². The number of hydrogen-bond acceptors (Lipinski definition) is 4. The zero-order valence-electron chi connectivity index (χ0n) is 22.9. The molecule has 5 nitrogen and oxygen atoms in total. The smallest absolute Gasteiger partial charge is 0.306 e. The monoisotopic (exact) mass is 483 g/mol. The van der Waals surface area contributed by atoms with E-state index in [1.54, 1.807) is 6.92 Å². The number of rotatable bonds is 25. The maximum Gasteiger partial charge on any atom is 0.306 e. The van der Waals surface area contributed by atoms with Gasteiger partial charge in [0.2, 0.25) is 5.91 Å². The first-order valence-electron chi connectivity index (χ1n) is 14.6. The van der Waals surface area contributed by atoms with Gasteiger partial charge in [0, 0.05) is 12.5 Å². The predicted molar refractivity (Wildman–Crippen MR) is 143 cm³/mol. The molecule has 0 aromatic heterocycles. The summed E-state index contributed by atoms with van der Waals surface area (Å²) in [5, 5.41) is 11.9. The van der Waals surface area contributed by atoms with Crippen LogP contribution in [0.1, 0.15) is 156 Å². The molecule has 2 N–H and O–H groups in total. The van der Waals surface area contributed by atoms with Crippen LogP contribution in [0, 0.1) is 0 Å². The van der Waals surface area contributed by atoms with Gasteiger partial charge in [-0.25, -0.2) is 0 Å². The van der Waals surface area contributed by atoms with E-state index in [0.29, 0.717) is 6.42 Å². The Hall–Kier alpha value is -1.10. The Balaban J connectivity index is 4.15. The maximum absolute atomic E-state index is 12.4. The highest BCUT2D eigenvalue weighted by molar-refractivity contribution is 5.77. The quantitative estimate of drug-likeness (QED) is 0.103. The molecular weight excluding hydrogens is 426 g/mol. The van der Waals surface area contributed by atoms with Crippen LogP contribution in [0.2, 0.25) is 0 Å². The third-order valence-corrected chi connectivity index (χ3v) is 6.51. The second-order valence-corrected chi connectivity index (χ2v) is 10.2. The molecular formula is C29H57NO4. The number of esters is 1. The van der Waals surface area contributed by atoms with Crippen LogP contribution in [0.25, 0.3) is 0 Å². The number of unbranched alkanes of at least 4 members (excludes halogenated alkanes) is 16. The fourth-order valence-corrected chi connectivity index (χ4v) is 4.30. The van der Waals surface area contributed by atoms with E-state index in [0.717, 1.165) is 32.1 Å². The minimum Gasteiger partial charge on any atom is -0.462 e. The van der Waals surface area contributed by atoms with Crippen molar-refractivity contribution in [2.75, 3.05) is 6.61 Å². The van der Waals surface area contributed by atoms with Crippen molar-refractivity contribution in [2.45, 2.75) is 168 Å². The van der Waals surface area contributed by atoms with E-state index in [1.807, 2.05) is 0 Å². The second kappa shape index (κ2) is 25.0. The van der Waals surface area contributed by atoms with Gasteiger partial charge in [0.1, 0.15) is 6.10 Å². The van der Waals surface area contributed by atoms with Crippen molar-refractivity contribution >= 4 is 11.9 Å². The summed E-state index contributed by atoms with van der Waals surface area (Å²) in [6.45, 7) is 6.16. The molecule has 0 heterocycles. The molecule has 0 bridgehead atoms. The largest absolute Gasteiger partial charge is 0.462 e. The molecule has 0 aliphatic carbocycles. The minimum absolute atomic E-state index is 0.0902. The number of ether oxygens (including phenoxy) is 1. The Bertz CT molecular complexity index is 469. The third kappa shape index (κ3) is 22.7. The first-order valence-corrected chi connectivity index (χ1v) is 14.6. The van der Waals surface area contributed by atoms with Crippen LogP contribution in [0.5, 0.6) is 0 Å². The molecule has 1 amide bonds. The maximum atomic E-state index is 12.4. The van der Waals surface area contributed by atoms with Gasteiger partial charge in [0.25, 0.3) is 0 Å². The Morgan fingerprint density at radius 2 is 1.15 bits per heavy atom. The van der Waals surface area contributed by atoms with Crippen molar-refractivity contribution in [2.24, 2.45) is 0 Å². The number of aliphatic hydroxyl groups is 1. The van der Waals surface area contributed by atoms with E-state index >= 15 is 0 Å².